The van der Waals surface area contributed by atoms with Crippen molar-refractivity contribution in [1.82, 2.24) is 0 Å². The molecule has 0 saturated carbocycles. The van der Waals surface area contributed by atoms with E-state index in [0.717, 1.165) is 0 Å². The van der Waals surface area contributed by atoms with E-state index in [1.54, 1.807) is 31.2 Å². The Balaban J connectivity index is 2.40. The van der Waals surface area contributed by atoms with Crippen LogP contribution in [0, 0.1) is 11.3 Å². The van der Waals surface area contributed by atoms with Gasteiger partial charge in [0, 0.05) is 24.1 Å². The maximum Gasteiger partial charge on any atom is 0.340 e. The number of Topliss-reactive ketones (excluding diaryl/α,β-unsaturated/α-hetero) is 1. The van der Waals surface area contributed by atoms with Gasteiger partial charge in [-0.15, -0.1) is 0 Å². The van der Waals surface area contributed by atoms with Crippen LogP contribution in [0.5, 0.6) is 0 Å². The molecule has 19 heavy (non-hydrogen) atoms. The molecule has 5 nitrogen and oxygen atoms in total. The molecular weight excluding hydrogens is 244 g/mol. The molecule has 1 heterocycles. The lowest BCUT2D eigenvalue weighted by atomic mass is 9.89. The second kappa shape index (κ2) is 5.11. The Bertz CT molecular complexity index is 562. The summed E-state index contributed by atoms with van der Waals surface area (Å²) in [7, 11) is 0. The fraction of sp³-hybridized carbons (Fsp3) is 0.357. The molecule has 0 spiro atoms. The monoisotopic (exact) mass is 258 g/mol. The average molecular weight is 258 g/mol. The van der Waals surface area contributed by atoms with E-state index in [0.29, 0.717) is 11.3 Å². The van der Waals surface area contributed by atoms with Crippen LogP contribution in [0.3, 0.4) is 0 Å². The second-order valence-corrected chi connectivity index (χ2v) is 4.28. The topological polar surface area (TPSA) is 79.2 Å². The van der Waals surface area contributed by atoms with E-state index in [4.69, 9.17) is 10.00 Å². The van der Waals surface area contributed by atoms with Crippen molar-refractivity contribution in [3.63, 3.8) is 0 Å². The third kappa shape index (κ3) is 2.06. The van der Waals surface area contributed by atoms with Crippen LogP contribution in [0.1, 0.15) is 30.1 Å². The van der Waals surface area contributed by atoms with Crippen molar-refractivity contribution in [2.45, 2.75) is 25.3 Å². The van der Waals surface area contributed by atoms with Crippen LogP contribution in [0.4, 0.5) is 5.69 Å². The molecule has 0 aromatic heterocycles. The second-order valence-electron chi connectivity index (χ2n) is 4.28. The molecule has 0 fully saturated rings. The Morgan fingerprint density at radius 1 is 1.47 bits per heavy atom. The van der Waals surface area contributed by atoms with Crippen LogP contribution in [0.25, 0.3) is 0 Å². The predicted octanol–water partition coefficient (Wildman–Crippen LogP) is 1.90. The number of ketones is 1. The van der Waals surface area contributed by atoms with Crippen molar-refractivity contribution in [2.75, 3.05) is 11.9 Å². The van der Waals surface area contributed by atoms with E-state index in [1.165, 1.54) is 0 Å². The zero-order chi connectivity index (χ0) is 13.9. The van der Waals surface area contributed by atoms with Gasteiger partial charge in [-0.25, -0.2) is 4.79 Å². The van der Waals surface area contributed by atoms with E-state index in [1.807, 2.05) is 6.07 Å². The lowest BCUT2D eigenvalue weighted by molar-refractivity contribution is -0.146. The molecule has 1 aromatic rings. The van der Waals surface area contributed by atoms with Crippen LogP contribution < -0.4 is 5.32 Å². The Morgan fingerprint density at radius 2 is 2.21 bits per heavy atom. The van der Waals surface area contributed by atoms with E-state index < -0.39 is 11.5 Å². The number of rotatable bonds is 4. The lowest BCUT2D eigenvalue weighted by Crippen LogP contribution is -2.50. The zero-order valence-corrected chi connectivity index (χ0v) is 10.6. The smallest absolute Gasteiger partial charge is 0.340 e. The first kappa shape index (κ1) is 13.1. The summed E-state index contributed by atoms with van der Waals surface area (Å²) >= 11 is 0. The lowest BCUT2D eigenvalue weighted by Gasteiger charge is -2.25. The number of fused-ring (bicyclic) bond motifs is 1. The van der Waals surface area contributed by atoms with Crippen LogP contribution >= 0.6 is 0 Å². The van der Waals surface area contributed by atoms with E-state index in [-0.39, 0.29) is 25.2 Å². The van der Waals surface area contributed by atoms with Crippen molar-refractivity contribution in [3.8, 4) is 6.07 Å². The first-order chi connectivity index (χ1) is 9.15. The Labute approximate surface area is 111 Å². The molecular formula is C14H14N2O3. The number of ether oxygens (including phenoxy) is 1. The number of nitrogens with one attached hydrogen (secondary N) is 1. The van der Waals surface area contributed by atoms with Crippen molar-refractivity contribution in [1.29, 1.82) is 5.26 Å². The summed E-state index contributed by atoms with van der Waals surface area (Å²) in [6, 6.07) is 8.89. The number of nitriles is 1. The summed E-state index contributed by atoms with van der Waals surface area (Å²) in [5, 5.41) is 11.7. The van der Waals surface area contributed by atoms with Gasteiger partial charge in [0.1, 0.15) is 0 Å². The Hall–Kier alpha value is -2.35. The van der Waals surface area contributed by atoms with Crippen molar-refractivity contribution in [3.05, 3.63) is 29.8 Å². The minimum atomic E-state index is -1.45. The molecule has 1 unspecified atom stereocenters. The number of carbonyl (C=O) groups excluding carboxylic acids is 2. The molecule has 2 rings (SSSR count). The number of hydrogen-bond donors (Lipinski definition) is 1. The number of anilines is 1. The van der Waals surface area contributed by atoms with E-state index >= 15 is 0 Å². The third-order valence-electron chi connectivity index (χ3n) is 3.14. The van der Waals surface area contributed by atoms with Gasteiger partial charge in [0.2, 0.25) is 11.3 Å². The molecule has 1 aliphatic heterocycles. The normalized spacial score (nSPS) is 20.3. The molecule has 0 aliphatic carbocycles. The summed E-state index contributed by atoms with van der Waals surface area (Å²) < 4.78 is 5.00. The maximum atomic E-state index is 12.5. The van der Waals surface area contributed by atoms with Crippen molar-refractivity contribution >= 4 is 17.4 Å². The highest BCUT2D eigenvalue weighted by molar-refractivity contribution is 6.24. The highest BCUT2D eigenvalue weighted by atomic mass is 16.5. The van der Waals surface area contributed by atoms with Crippen LogP contribution in [0.2, 0.25) is 0 Å². The average Bonchev–Trinajstić information content (AvgIpc) is 2.71. The van der Waals surface area contributed by atoms with Crippen molar-refractivity contribution < 1.29 is 14.3 Å². The molecule has 0 saturated heterocycles. The van der Waals surface area contributed by atoms with Crippen LogP contribution in [0.15, 0.2) is 24.3 Å². The fourth-order valence-electron chi connectivity index (χ4n) is 2.23. The van der Waals surface area contributed by atoms with Gasteiger partial charge in [-0.2, -0.15) is 5.26 Å². The van der Waals surface area contributed by atoms with Gasteiger partial charge in [-0.05, 0) is 19.1 Å². The predicted molar refractivity (Wildman–Crippen MR) is 68.6 cm³/mol. The molecule has 1 atom stereocenters. The van der Waals surface area contributed by atoms with Gasteiger partial charge in [-0.3, -0.25) is 4.79 Å². The van der Waals surface area contributed by atoms with Gasteiger partial charge in [-0.1, -0.05) is 12.1 Å². The van der Waals surface area contributed by atoms with Crippen LogP contribution in [-0.2, 0) is 9.53 Å². The van der Waals surface area contributed by atoms with Crippen LogP contribution in [-0.4, -0.2) is 23.9 Å². The molecule has 0 bridgehead atoms. The number of esters is 1. The Kier molecular flexibility index (Phi) is 3.52. The quantitative estimate of drug-likeness (QED) is 0.659. The maximum absolute atomic E-state index is 12.5. The molecule has 1 N–H and O–H groups in total. The first-order valence-electron chi connectivity index (χ1n) is 6.12. The van der Waals surface area contributed by atoms with Gasteiger partial charge in [0.05, 0.1) is 12.7 Å². The SMILES string of the molecule is CCOC(=O)C1(CCC#N)Nc2ccccc2C1=O. The van der Waals surface area contributed by atoms with Gasteiger partial charge >= 0.3 is 5.97 Å². The number of carbonyl (C=O) groups is 2. The molecule has 98 valence electrons. The number of benzene rings is 1. The van der Waals surface area contributed by atoms with Crippen molar-refractivity contribution in [2.24, 2.45) is 0 Å². The van der Waals surface area contributed by atoms with Gasteiger partial charge < -0.3 is 10.1 Å². The zero-order valence-electron chi connectivity index (χ0n) is 10.6. The minimum absolute atomic E-state index is 0.103. The Morgan fingerprint density at radius 3 is 2.84 bits per heavy atom. The summed E-state index contributed by atoms with van der Waals surface area (Å²) in [5.41, 5.74) is -0.373. The molecule has 0 radical (unpaired) electrons. The molecule has 1 aliphatic rings. The van der Waals surface area contributed by atoms with Gasteiger partial charge in [0.25, 0.3) is 0 Å². The van der Waals surface area contributed by atoms with E-state index in [2.05, 4.69) is 5.32 Å². The largest absolute Gasteiger partial charge is 0.464 e. The van der Waals surface area contributed by atoms with Gasteiger partial charge in [0.15, 0.2) is 0 Å². The third-order valence-corrected chi connectivity index (χ3v) is 3.14. The first-order valence-corrected chi connectivity index (χ1v) is 6.12. The summed E-state index contributed by atoms with van der Waals surface area (Å²) in [5.74, 6) is -0.941. The standard InChI is InChI=1S/C14H14N2O3/c1-2-19-13(18)14(8-5-9-15)12(17)10-6-3-4-7-11(10)16-14/h3-4,6-7,16H,2,5,8H2,1H3. The number of hydrogen-bond acceptors (Lipinski definition) is 5. The minimum Gasteiger partial charge on any atom is -0.464 e. The van der Waals surface area contributed by atoms with E-state index in [9.17, 15) is 9.59 Å². The fourth-order valence-corrected chi connectivity index (χ4v) is 2.23. The summed E-state index contributed by atoms with van der Waals surface area (Å²) in [6.45, 7) is 1.88. The summed E-state index contributed by atoms with van der Waals surface area (Å²) in [6.07, 6.45) is 0.210. The molecule has 1 aromatic carbocycles. The molecule has 0 amide bonds. The highest BCUT2D eigenvalue weighted by Crippen LogP contribution is 2.36. The highest BCUT2D eigenvalue weighted by Gasteiger charge is 2.52. The summed E-state index contributed by atoms with van der Waals surface area (Å²) in [4.78, 5) is 24.6. The number of para-hydroxylation sites is 1. The number of nitrogens with zero attached hydrogens (tertiary/aromatic N) is 1. The molecule has 5 heteroatoms.